The lowest BCUT2D eigenvalue weighted by Gasteiger charge is -2.15. The standard InChI is InChI=1S/C24H16ClFINO3/c25-20-10-22-13(8-21(20)26)1-3-16(28-22)12-30-17-4-6-23-19(9-17)24(29)18-5-2-15(27)7-14(18)11-31-23/h1-10,24,29H,11-12H2. The van der Waals surface area contributed by atoms with Crippen LogP contribution in [0.5, 0.6) is 11.5 Å². The average molecular weight is 548 g/mol. The summed E-state index contributed by atoms with van der Waals surface area (Å²) >= 11 is 8.12. The molecule has 0 radical (unpaired) electrons. The molecule has 1 N–H and O–H groups in total. The number of halogens is 3. The fourth-order valence-electron chi connectivity index (χ4n) is 3.65. The van der Waals surface area contributed by atoms with Gasteiger partial charge in [-0.2, -0.15) is 0 Å². The molecule has 0 bridgehead atoms. The number of aromatic nitrogens is 1. The second kappa shape index (κ2) is 8.26. The Hall–Kier alpha value is -2.42. The topological polar surface area (TPSA) is 51.6 Å². The normalized spacial score (nSPS) is 15.0. The third-order valence-corrected chi connectivity index (χ3v) is 6.19. The minimum Gasteiger partial charge on any atom is -0.488 e. The molecule has 31 heavy (non-hydrogen) atoms. The number of hydrogen-bond donors (Lipinski definition) is 1. The Labute approximate surface area is 196 Å². The zero-order valence-electron chi connectivity index (χ0n) is 16.1. The Morgan fingerprint density at radius 1 is 1.10 bits per heavy atom. The SMILES string of the molecule is OC1c2ccc(I)cc2COc2ccc(OCc3ccc4cc(F)c(Cl)cc4n3)cc21. The highest BCUT2D eigenvalue weighted by molar-refractivity contribution is 14.1. The highest BCUT2D eigenvalue weighted by atomic mass is 127. The minimum absolute atomic E-state index is 0.0350. The van der Waals surface area contributed by atoms with Crippen molar-refractivity contribution in [1.29, 1.82) is 0 Å². The van der Waals surface area contributed by atoms with Gasteiger partial charge in [-0.15, -0.1) is 0 Å². The van der Waals surface area contributed by atoms with Crippen molar-refractivity contribution >= 4 is 45.1 Å². The van der Waals surface area contributed by atoms with Crippen LogP contribution in [0.1, 0.15) is 28.5 Å². The lowest BCUT2D eigenvalue weighted by Crippen LogP contribution is -2.03. The van der Waals surface area contributed by atoms with E-state index in [9.17, 15) is 9.50 Å². The first kappa shape index (κ1) is 20.5. The average Bonchev–Trinajstić information content (AvgIpc) is 2.89. The summed E-state index contributed by atoms with van der Waals surface area (Å²) in [6.45, 7) is 0.621. The molecular formula is C24H16ClFINO3. The summed E-state index contributed by atoms with van der Waals surface area (Å²) in [6.07, 6.45) is -0.802. The number of nitrogens with zero attached hydrogens (tertiary/aromatic N) is 1. The van der Waals surface area contributed by atoms with Crippen LogP contribution in [-0.4, -0.2) is 10.1 Å². The molecule has 2 heterocycles. The van der Waals surface area contributed by atoms with E-state index >= 15 is 0 Å². The van der Waals surface area contributed by atoms with Crippen LogP contribution in [0.4, 0.5) is 4.39 Å². The summed E-state index contributed by atoms with van der Waals surface area (Å²) in [6, 6.07) is 17.8. The van der Waals surface area contributed by atoms with E-state index in [1.807, 2.05) is 18.2 Å². The first-order valence-corrected chi connectivity index (χ1v) is 11.0. The highest BCUT2D eigenvalue weighted by Gasteiger charge is 2.23. The second-order valence-electron chi connectivity index (χ2n) is 7.28. The summed E-state index contributed by atoms with van der Waals surface area (Å²) in [5.41, 5.74) is 3.74. The quantitative estimate of drug-likeness (QED) is 0.311. The molecule has 7 heteroatoms. The van der Waals surface area contributed by atoms with E-state index in [1.54, 1.807) is 30.3 Å². The number of pyridine rings is 1. The molecule has 0 amide bonds. The predicted molar refractivity (Wildman–Crippen MR) is 125 cm³/mol. The summed E-state index contributed by atoms with van der Waals surface area (Å²) in [5.74, 6) is 0.753. The summed E-state index contributed by atoms with van der Waals surface area (Å²) in [4.78, 5) is 4.50. The smallest absolute Gasteiger partial charge is 0.142 e. The predicted octanol–water partition coefficient (Wildman–Crippen LogP) is 6.19. The van der Waals surface area contributed by atoms with Crippen molar-refractivity contribution in [3.05, 3.63) is 97.5 Å². The van der Waals surface area contributed by atoms with Crippen LogP contribution in [0.3, 0.4) is 0 Å². The highest BCUT2D eigenvalue weighted by Crippen LogP contribution is 2.38. The number of hydrogen-bond acceptors (Lipinski definition) is 4. The monoisotopic (exact) mass is 547 g/mol. The van der Waals surface area contributed by atoms with Gasteiger partial charge in [0.2, 0.25) is 0 Å². The van der Waals surface area contributed by atoms with Crippen molar-refractivity contribution in [3.8, 4) is 11.5 Å². The maximum Gasteiger partial charge on any atom is 0.142 e. The van der Waals surface area contributed by atoms with Gasteiger partial charge < -0.3 is 14.6 Å². The van der Waals surface area contributed by atoms with Crippen LogP contribution in [0.25, 0.3) is 10.9 Å². The molecule has 4 aromatic rings. The summed E-state index contributed by atoms with van der Waals surface area (Å²) < 4.78 is 26.5. The van der Waals surface area contributed by atoms with Crippen molar-refractivity contribution < 1.29 is 19.0 Å². The van der Waals surface area contributed by atoms with Gasteiger partial charge in [0.1, 0.15) is 36.6 Å². The Balaban J connectivity index is 1.39. The first-order chi connectivity index (χ1) is 15.0. The van der Waals surface area contributed by atoms with Gasteiger partial charge in [-0.1, -0.05) is 23.7 Å². The van der Waals surface area contributed by atoms with Gasteiger partial charge in [0.05, 0.1) is 16.2 Å². The number of rotatable bonds is 3. The lowest BCUT2D eigenvalue weighted by molar-refractivity contribution is 0.217. The Morgan fingerprint density at radius 2 is 1.97 bits per heavy atom. The molecule has 156 valence electrons. The second-order valence-corrected chi connectivity index (χ2v) is 8.94. The number of benzene rings is 3. The van der Waals surface area contributed by atoms with Gasteiger partial charge >= 0.3 is 0 Å². The minimum atomic E-state index is -0.802. The number of fused-ring (bicyclic) bond motifs is 3. The fraction of sp³-hybridized carbons (Fsp3) is 0.125. The maximum atomic E-state index is 13.6. The van der Waals surface area contributed by atoms with Crippen molar-refractivity contribution in [3.63, 3.8) is 0 Å². The molecule has 5 rings (SSSR count). The van der Waals surface area contributed by atoms with E-state index < -0.39 is 11.9 Å². The van der Waals surface area contributed by atoms with Crippen LogP contribution in [0.2, 0.25) is 5.02 Å². The Bertz CT molecular complexity index is 1310. The molecule has 0 aliphatic carbocycles. The van der Waals surface area contributed by atoms with Crippen LogP contribution in [-0.2, 0) is 13.2 Å². The van der Waals surface area contributed by atoms with Crippen LogP contribution >= 0.6 is 34.2 Å². The molecule has 0 saturated heterocycles. The number of aliphatic hydroxyl groups is 1. The third-order valence-electron chi connectivity index (χ3n) is 5.23. The van der Waals surface area contributed by atoms with Gasteiger partial charge in [0.15, 0.2) is 0 Å². The molecule has 4 nitrogen and oxygen atoms in total. The van der Waals surface area contributed by atoms with Crippen molar-refractivity contribution in [2.45, 2.75) is 19.3 Å². The Morgan fingerprint density at radius 3 is 2.84 bits per heavy atom. The molecular weight excluding hydrogens is 532 g/mol. The largest absolute Gasteiger partial charge is 0.488 e. The number of ether oxygens (including phenoxy) is 2. The molecule has 1 aliphatic heterocycles. The Kier molecular flexibility index (Phi) is 5.45. The van der Waals surface area contributed by atoms with Crippen molar-refractivity contribution in [2.24, 2.45) is 0 Å². The van der Waals surface area contributed by atoms with E-state index in [2.05, 4.69) is 27.6 Å². The summed E-state index contributed by atoms with van der Waals surface area (Å²) in [7, 11) is 0. The van der Waals surface area contributed by atoms with E-state index in [0.717, 1.165) is 14.7 Å². The van der Waals surface area contributed by atoms with Crippen molar-refractivity contribution in [1.82, 2.24) is 4.98 Å². The van der Waals surface area contributed by atoms with E-state index in [-0.39, 0.29) is 11.6 Å². The molecule has 1 unspecified atom stereocenters. The van der Waals surface area contributed by atoms with Crippen LogP contribution < -0.4 is 9.47 Å². The fourth-order valence-corrected chi connectivity index (χ4v) is 4.36. The van der Waals surface area contributed by atoms with E-state index in [1.165, 1.54) is 12.1 Å². The molecule has 1 aromatic heterocycles. The van der Waals surface area contributed by atoms with E-state index in [4.69, 9.17) is 21.1 Å². The molecule has 0 fully saturated rings. The lowest BCUT2D eigenvalue weighted by atomic mass is 9.97. The maximum absolute atomic E-state index is 13.6. The van der Waals surface area contributed by atoms with Crippen LogP contribution in [0, 0.1) is 9.39 Å². The number of aliphatic hydroxyl groups excluding tert-OH is 1. The summed E-state index contributed by atoms with van der Waals surface area (Å²) in [5, 5.41) is 11.7. The first-order valence-electron chi connectivity index (χ1n) is 9.58. The molecule has 0 saturated carbocycles. The molecule has 0 spiro atoms. The van der Waals surface area contributed by atoms with Gasteiger partial charge in [0.25, 0.3) is 0 Å². The zero-order valence-corrected chi connectivity index (χ0v) is 19.0. The van der Waals surface area contributed by atoms with Crippen LogP contribution in [0.15, 0.2) is 60.7 Å². The van der Waals surface area contributed by atoms with Crippen molar-refractivity contribution in [2.75, 3.05) is 0 Å². The molecule has 1 aliphatic rings. The van der Waals surface area contributed by atoms with E-state index in [0.29, 0.717) is 40.3 Å². The van der Waals surface area contributed by atoms with Gasteiger partial charge in [-0.05, 0) is 82.2 Å². The third kappa shape index (κ3) is 4.07. The van der Waals surface area contributed by atoms with Gasteiger partial charge in [0, 0.05) is 14.5 Å². The molecule has 1 atom stereocenters. The van der Waals surface area contributed by atoms with Gasteiger partial charge in [-0.3, -0.25) is 0 Å². The zero-order chi connectivity index (χ0) is 21.5. The van der Waals surface area contributed by atoms with Gasteiger partial charge in [-0.25, -0.2) is 9.37 Å². The molecule has 3 aromatic carbocycles.